The maximum Gasteiger partial charge on any atom is 0.153 e. The zero-order valence-corrected chi connectivity index (χ0v) is 12.7. The highest BCUT2D eigenvalue weighted by Gasteiger charge is 1.99. The normalized spacial score (nSPS) is 10.3. The Hall–Kier alpha value is -1.95. The Balaban J connectivity index is 1.48. The minimum Gasteiger partial charge on any atom is -0.493 e. The Morgan fingerprint density at radius 3 is 2.95 bits per heavy atom. The van der Waals surface area contributed by atoms with Crippen molar-refractivity contribution in [3.8, 4) is 5.75 Å². The molecular weight excluding hydrogens is 284 g/mol. The average Bonchev–Trinajstić information content (AvgIpc) is 3.02. The molecule has 0 aliphatic carbocycles. The number of rotatable bonds is 8. The number of nitrogens with zero attached hydrogens (tertiary/aromatic N) is 1. The summed E-state index contributed by atoms with van der Waals surface area (Å²) in [7, 11) is 0. The fraction of sp³-hybridized carbons (Fsp3) is 0.333. The van der Waals surface area contributed by atoms with Crippen LogP contribution in [0.15, 0.2) is 42.9 Å². The van der Waals surface area contributed by atoms with Gasteiger partial charge in [-0.25, -0.2) is 4.98 Å². The molecule has 0 spiro atoms. The molecule has 2 rings (SSSR count). The van der Waals surface area contributed by atoms with Crippen LogP contribution in [0.2, 0.25) is 0 Å². The second-order valence-electron chi connectivity index (χ2n) is 4.43. The second-order valence-corrected chi connectivity index (χ2v) is 5.54. The Kier molecular flexibility index (Phi) is 6.67. The summed E-state index contributed by atoms with van der Waals surface area (Å²) in [6.45, 7) is 1.39. The number of nitrogens with one attached hydrogen (secondary N) is 3. The average molecular weight is 304 g/mol. The van der Waals surface area contributed by atoms with Gasteiger partial charge in [0.15, 0.2) is 5.17 Å². The van der Waals surface area contributed by atoms with Crippen LogP contribution in [-0.4, -0.2) is 34.0 Å². The van der Waals surface area contributed by atoms with Gasteiger partial charge >= 0.3 is 0 Å². The van der Waals surface area contributed by atoms with Crippen LogP contribution in [0, 0.1) is 5.41 Å². The predicted octanol–water partition coefficient (Wildman–Crippen LogP) is 2.68. The molecule has 1 heterocycles. The van der Waals surface area contributed by atoms with E-state index in [1.807, 2.05) is 36.5 Å². The molecule has 2 aromatic rings. The van der Waals surface area contributed by atoms with Gasteiger partial charge in [-0.1, -0.05) is 30.0 Å². The molecule has 3 N–H and O–H groups in total. The van der Waals surface area contributed by atoms with Crippen LogP contribution < -0.4 is 10.1 Å². The molecule has 6 heteroatoms. The topological polar surface area (TPSA) is 73.8 Å². The monoisotopic (exact) mass is 304 g/mol. The zero-order valence-electron chi connectivity index (χ0n) is 11.8. The van der Waals surface area contributed by atoms with E-state index in [2.05, 4.69) is 15.3 Å². The molecule has 112 valence electrons. The summed E-state index contributed by atoms with van der Waals surface area (Å²) in [6.07, 6.45) is 5.48. The molecule has 0 bridgehead atoms. The zero-order chi connectivity index (χ0) is 14.8. The summed E-state index contributed by atoms with van der Waals surface area (Å²) in [4.78, 5) is 7.10. The van der Waals surface area contributed by atoms with Crippen molar-refractivity contribution < 1.29 is 4.74 Å². The molecule has 0 amide bonds. The molecule has 0 unspecified atom stereocenters. The molecule has 5 nitrogen and oxygen atoms in total. The summed E-state index contributed by atoms with van der Waals surface area (Å²) in [5.74, 6) is 1.64. The molecule has 0 atom stereocenters. The number of para-hydroxylation sites is 1. The highest BCUT2D eigenvalue weighted by atomic mass is 32.2. The Morgan fingerprint density at radius 1 is 1.33 bits per heavy atom. The van der Waals surface area contributed by atoms with Gasteiger partial charge in [0.25, 0.3) is 0 Å². The molecule has 0 aliphatic rings. The first-order valence-corrected chi connectivity index (χ1v) is 7.94. The van der Waals surface area contributed by atoms with E-state index in [-0.39, 0.29) is 0 Å². The van der Waals surface area contributed by atoms with Crippen molar-refractivity contribution in [2.45, 2.75) is 12.8 Å². The lowest BCUT2D eigenvalue weighted by atomic mass is 10.2. The number of H-pyrrole nitrogens is 1. The lowest BCUT2D eigenvalue weighted by molar-refractivity contribution is 0.344. The Bertz CT molecular complexity index is 516. The van der Waals surface area contributed by atoms with Gasteiger partial charge in [0, 0.05) is 18.5 Å². The number of aryl methyl sites for hydroxylation is 1. The second kappa shape index (κ2) is 9.07. The number of ether oxygens (including phenoxy) is 1. The quantitative estimate of drug-likeness (QED) is 0.398. The Labute approximate surface area is 129 Å². The third kappa shape index (κ3) is 6.35. The van der Waals surface area contributed by atoms with E-state index in [1.165, 1.54) is 11.8 Å². The van der Waals surface area contributed by atoms with Crippen LogP contribution in [0.5, 0.6) is 5.75 Å². The van der Waals surface area contributed by atoms with E-state index in [9.17, 15) is 0 Å². The van der Waals surface area contributed by atoms with Crippen LogP contribution in [0.4, 0.5) is 0 Å². The predicted molar refractivity (Wildman–Crippen MR) is 87.0 cm³/mol. The van der Waals surface area contributed by atoms with Crippen LogP contribution >= 0.6 is 11.8 Å². The van der Waals surface area contributed by atoms with Crippen LogP contribution in [-0.2, 0) is 6.42 Å². The highest BCUT2D eigenvalue weighted by molar-refractivity contribution is 8.13. The first-order valence-electron chi connectivity index (χ1n) is 6.95. The number of imidazole rings is 1. The maximum atomic E-state index is 7.80. The number of benzene rings is 1. The highest BCUT2D eigenvalue weighted by Crippen LogP contribution is 2.09. The van der Waals surface area contributed by atoms with Gasteiger partial charge in [-0.15, -0.1) is 0 Å². The van der Waals surface area contributed by atoms with Crippen molar-refractivity contribution in [2.24, 2.45) is 0 Å². The summed E-state index contributed by atoms with van der Waals surface area (Å²) < 4.78 is 5.57. The van der Waals surface area contributed by atoms with Crippen LogP contribution in [0.3, 0.4) is 0 Å². The van der Waals surface area contributed by atoms with Gasteiger partial charge in [-0.05, 0) is 25.0 Å². The van der Waals surface area contributed by atoms with E-state index < -0.39 is 0 Å². The molecule has 0 aliphatic heterocycles. The van der Waals surface area contributed by atoms with Crippen molar-refractivity contribution in [3.05, 3.63) is 48.5 Å². The number of aromatic nitrogens is 2. The summed E-state index contributed by atoms with van der Waals surface area (Å²) in [6, 6.07) is 9.73. The largest absolute Gasteiger partial charge is 0.493 e. The van der Waals surface area contributed by atoms with Gasteiger partial charge < -0.3 is 15.0 Å². The van der Waals surface area contributed by atoms with Gasteiger partial charge in [-0.3, -0.25) is 5.41 Å². The number of hydrogen-bond acceptors (Lipinski definition) is 4. The van der Waals surface area contributed by atoms with Crippen molar-refractivity contribution >= 4 is 16.9 Å². The molecule has 0 saturated heterocycles. The minimum absolute atomic E-state index is 0.494. The van der Waals surface area contributed by atoms with E-state index in [0.29, 0.717) is 11.8 Å². The molecule has 1 aromatic heterocycles. The summed E-state index contributed by atoms with van der Waals surface area (Å²) in [5.41, 5.74) is 1.06. The smallest absolute Gasteiger partial charge is 0.153 e. The Morgan fingerprint density at radius 2 is 2.19 bits per heavy atom. The van der Waals surface area contributed by atoms with Crippen molar-refractivity contribution in [2.75, 3.05) is 18.9 Å². The molecule has 0 saturated carbocycles. The van der Waals surface area contributed by atoms with Gasteiger partial charge in [0.1, 0.15) is 5.75 Å². The molecule has 1 aromatic carbocycles. The molecular formula is C15H20N4OS. The maximum absolute atomic E-state index is 7.80. The number of aromatic amines is 1. The number of thioether (sulfide) groups is 1. The van der Waals surface area contributed by atoms with E-state index in [4.69, 9.17) is 10.1 Å². The standard InChI is InChI=1S/C15H20N4OS/c16-15(18-8-4-5-13-11-17-12-19-13)21-10-9-20-14-6-2-1-3-7-14/h1-3,6-7,11-12H,4-5,8-10H2,(H2,16,18)(H,17,19). The van der Waals surface area contributed by atoms with E-state index in [1.54, 1.807) is 6.33 Å². The van der Waals surface area contributed by atoms with Gasteiger partial charge in [0.05, 0.1) is 18.6 Å². The minimum atomic E-state index is 0.494. The van der Waals surface area contributed by atoms with E-state index >= 15 is 0 Å². The van der Waals surface area contributed by atoms with Crippen molar-refractivity contribution in [1.29, 1.82) is 5.41 Å². The van der Waals surface area contributed by atoms with Gasteiger partial charge in [-0.2, -0.15) is 0 Å². The van der Waals surface area contributed by atoms with Crippen molar-refractivity contribution in [3.63, 3.8) is 0 Å². The van der Waals surface area contributed by atoms with Crippen LogP contribution in [0.25, 0.3) is 0 Å². The van der Waals surface area contributed by atoms with Gasteiger partial charge in [0.2, 0.25) is 0 Å². The third-order valence-electron chi connectivity index (χ3n) is 2.79. The SMILES string of the molecule is N=C(NCCCc1c[nH]cn1)SCCOc1ccccc1. The summed E-state index contributed by atoms with van der Waals surface area (Å²) >= 11 is 1.47. The van der Waals surface area contributed by atoms with E-state index in [0.717, 1.165) is 36.6 Å². The van der Waals surface area contributed by atoms with Crippen molar-refractivity contribution in [1.82, 2.24) is 15.3 Å². The van der Waals surface area contributed by atoms with Crippen LogP contribution in [0.1, 0.15) is 12.1 Å². The molecule has 0 fully saturated rings. The number of hydrogen-bond donors (Lipinski definition) is 3. The summed E-state index contributed by atoms with van der Waals surface area (Å²) in [5, 5.41) is 11.4. The number of amidine groups is 1. The molecule has 21 heavy (non-hydrogen) atoms. The fourth-order valence-electron chi connectivity index (χ4n) is 1.77. The fourth-order valence-corrected chi connectivity index (χ4v) is 2.34. The molecule has 0 radical (unpaired) electrons. The third-order valence-corrected chi connectivity index (χ3v) is 3.60. The lowest BCUT2D eigenvalue weighted by Gasteiger charge is -2.08. The lowest BCUT2D eigenvalue weighted by Crippen LogP contribution is -2.22. The first kappa shape index (κ1) is 15.4. The first-order chi connectivity index (χ1) is 10.3.